The molecule has 0 aliphatic heterocycles. The summed E-state index contributed by atoms with van der Waals surface area (Å²) in [7, 11) is -3.31. The lowest BCUT2D eigenvalue weighted by atomic mass is 10.7. The van der Waals surface area contributed by atoms with E-state index in [9.17, 15) is 12.8 Å². The van der Waals surface area contributed by atoms with Crippen molar-refractivity contribution in [2.45, 2.75) is 4.90 Å². The summed E-state index contributed by atoms with van der Waals surface area (Å²) in [5, 5.41) is 0. The van der Waals surface area contributed by atoms with Crippen molar-refractivity contribution in [2.75, 3.05) is 6.26 Å². The number of hydrogen-bond acceptors (Lipinski definition) is 4. The van der Waals surface area contributed by atoms with Crippen LogP contribution < -0.4 is 0 Å². The molecule has 1 aromatic heterocycles. The Bertz CT molecular complexity index is 345. The average molecular weight is 176 g/mol. The quantitative estimate of drug-likeness (QED) is 0.566. The predicted octanol–water partition coefficient (Wildman–Crippen LogP) is 0.0192. The molecule has 0 radical (unpaired) electrons. The van der Waals surface area contributed by atoms with Crippen LogP contribution in [0.25, 0.3) is 0 Å². The van der Waals surface area contributed by atoms with Gasteiger partial charge in [-0.25, -0.2) is 18.4 Å². The Labute approximate surface area is 63.0 Å². The third-order valence-corrected chi connectivity index (χ3v) is 2.09. The molecule has 0 aliphatic rings. The van der Waals surface area contributed by atoms with Gasteiger partial charge in [-0.2, -0.15) is 4.39 Å². The predicted molar refractivity (Wildman–Crippen MR) is 35.1 cm³/mol. The molecule has 0 aliphatic carbocycles. The highest BCUT2D eigenvalue weighted by atomic mass is 32.2. The highest BCUT2D eigenvalue weighted by Gasteiger charge is 2.07. The molecule has 0 unspecified atom stereocenters. The topological polar surface area (TPSA) is 59.9 Å². The maximum atomic E-state index is 12.1. The minimum atomic E-state index is -3.31. The summed E-state index contributed by atoms with van der Waals surface area (Å²) in [6, 6.07) is 0. The van der Waals surface area contributed by atoms with Crippen LogP contribution in [0.2, 0.25) is 0 Å². The molecule has 1 aromatic rings. The number of aromatic nitrogens is 2. The Morgan fingerprint density at radius 3 is 2.18 bits per heavy atom. The summed E-state index contributed by atoms with van der Waals surface area (Å²) >= 11 is 0. The lowest BCUT2D eigenvalue weighted by molar-refractivity contribution is 0.532. The van der Waals surface area contributed by atoms with Crippen molar-refractivity contribution in [3.05, 3.63) is 18.5 Å². The molecular weight excluding hydrogens is 171 g/mol. The van der Waals surface area contributed by atoms with E-state index in [1.165, 1.54) is 0 Å². The molecule has 0 amide bonds. The van der Waals surface area contributed by atoms with E-state index in [4.69, 9.17) is 0 Å². The first-order valence-electron chi connectivity index (χ1n) is 2.68. The van der Waals surface area contributed by atoms with Crippen LogP contribution in [0.4, 0.5) is 4.39 Å². The van der Waals surface area contributed by atoms with E-state index in [0.717, 1.165) is 18.6 Å². The summed E-state index contributed by atoms with van der Waals surface area (Å²) in [4.78, 5) is 6.09. The van der Waals surface area contributed by atoms with Crippen molar-refractivity contribution in [1.82, 2.24) is 9.97 Å². The molecule has 0 saturated heterocycles. The van der Waals surface area contributed by atoms with Gasteiger partial charge in [-0.15, -0.1) is 0 Å². The van der Waals surface area contributed by atoms with E-state index in [-0.39, 0.29) is 4.90 Å². The van der Waals surface area contributed by atoms with Crippen LogP contribution in [0.5, 0.6) is 0 Å². The zero-order valence-corrected chi connectivity index (χ0v) is 6.47. The van der Waals surface area contributed by atoms with E-state index < -0.39 is 15.9 Å². The molecular formula is C5H5FN2O2S. The average Bonchev–Trinajstić information content (AvgIpc) is 1.86. The Hall–Kier alpha value is -1.04. The van der Waals surface area contributed by atoms with Gasteiger partial charge in [-0.1, -0.05) is 0 Å². The molecule has 4 nitrogen and oxygen atoms in total. The summed E-state index contributed by atoms with van der Waals surface area (Å²) in [6.45, 7) is 0. The third-order valence-electron chi connectivity index (χ3n) is 1.02. The minimum absolute atomic E-state index is 0.0844. The number of rotatable bonds is 1. The monoisotopic (exact) mass is 176 g/mol. The standard InChI is InChI=1S/C5H5FN2O2S/c1-11(9,10)4-2-7-5(6)8-3-4/h2-3H,1H3. The van der Waals surface area contributed by atoms with Gasteiger partial charge in [0.1, 0.15) is 4.90 Å². The lowest BCUT2D eigenvalue weighted by Gasteiger charge is -1.93. The van der Waals surface area contributed by atoms with Crippen molar-refractivity contribution < 1.29 is 12.8 Å². The Balaban J connectivity index is 3.20. The molecule has 0 atom stereocenters. The molecule has 1 rings (SSSR count). The largest absolute Gasteiger partial charge is 0.308 e. The van der Waals surface area contributed by atoms with E-state index in [1.54, 1.807) is 0 Å². The minimum Gasteiger partial charge on any atom is -0.224 e. The maximum absolute atomic E-state index is 12.1. The van der Waals surface area contributed by atoms with Gasteiger partial charge in [0.05, 0.1) is 12.4 Å². The van der Waals surface area contributed by atoms with Gasteiger partial charge in [0, 0.05) is 6.26 Å². The van der Waals surface area contributed by atoms with Crippen molar-refractivity contribution >= 4 is 9.84 Å². The molecule has 0 fully saturated rings. The van der Waals surface area contributed by atoms with E-state index in [0.29, 0.717) is 0 Å². The first kappa shape index (κ1) is 8.06. The number of nitrogens with zero attached hydrogens (tertiary/aromatic N) is 2. The molecule has 0 bridgehead atoms. The van der Waals surface area contributed by atoms with Crippen molar-refractivity contribution in [3.8, 4) is 0 Å². The molecule has 60 valence electrons. The van der Waals surface area contributed by atoms with Crippen LogP contribution in [0.15, 0.2) is 17.3 Å². The summed E-state index contributed by atoms with van der Waals surface area (Å²) in [6.07, 6.45) is 1.93. The highest BCUT2D eigenvalue weighted by Crippen LogP contribution is 2.03. The fraction of sp³-hybridized carbons (Fsp3) is 0.200. The second-order valence-corrected chi connectivity index (χ2v) is 3.98. The van der Waals surface area contributed by atoms with E-state index >= 15 is 0 Å². The van der Waals surface area contributed by atoms with Crippen molar-refractivity contribution in [3.63, 3.8) is 0 Å². The second-order valence-electron chi connectivity index (χ2n) is 1.96. The van der Waals surface area contributed by atoms with E-state index in [2.05, 4.69) is 9.97 Å². The summed E-state index contributed by atoms with van der Waals surface area (Å²) in [5.74, 6) is 0. The number of hydrogen-bond donors (Lipinski definition) is 0. The van der Waals surface area contributed by atoms with Crippen molar-refractivity contribution in [1.29, 1.82) is 0 Å². The molecule has 1 heterocycles. The first-order chi connectivity index (χ1) is 5.00. The zero-order valence-electron chi connectivity index (χ0n) is 5.65. The highest BCUT2D eigenvalue weighted by molar-refractivity contribution is 7.90. The maximum Gasteiger partial charge on any atom is 0.308 e. The summed E-state index contributed by atoms with van der Waals surface area (Å²) < 4.78 is 33.5. The van der Waals surface area contributed by atoms with Crippen LogP contribution in [0.3, 0.4) is 0 Å². The van der Waals surface area contributed by atoms with Gasteiger partial charge in [0.25, 0.3) is 0 Å². The van der Waals surface area contributed by atoms with Crippen LogP contribution in [-0.2, 0) is 9.84 Å². The second kappa shape index (κ2) is 2.54. The van der Waals surface area contributed by atoms with Gasteiger partial charge >= 0.3 is 6.08 Å². The first-order valence-corrected chi connectivity index (χ1v) is 4.57. The molecule has 0 N–H and O–H groups in total. The van der Waals surface area contributed by atoms with Crippen LogP contribution in [0, 0.1) is 6.08 Å². The Kier molecular flexibility index (Phi) is 1.86. The van der Waals surface area contributed by atoms with Crippen LogP contribution >= 0.6 is 0 Å². The van der Waals surface area contributed by atoms with Crippen molar-refractivity contribution in [2.24, 2.45) is 0 Å². The smallest absolute Gasteiger partial charge is 0.224 e. The zero-order chi connectivity index (χ0) is 8.48. The van der Waals surface area contributed by atoms with Gasteiger partial charge in [0.15, 0.2) is 9.84 Å². The van der Waals surface area contributed by atoms with E-state index in [1.807, 2.05) is 0 Å². The van der Waals surface area contributed by atoms with Crippen LogP contribution in [-0.4, -0.2) is 24.6 Å². The third kappa shape index (κ3) is 1.94. The molecule has 0 aromatic carbocycles. The Morgan fingerprint density at radius 2 is 1.82 bits per heavy atom. The Morgan fingerprint density at radius 1 is 1.36 bits per heavy atom. The normalized spacial score (nSPS) is 11.5. The van der Waals surface area contributed by atoms with Gasteiger partial charge in [-0.3, -0.25) is 0 Å². The number of halogens is 1. The molecule has 11 heavy (non-hydrogen) atoms. The summed E-state index contributed by atoms with van der Waals surface area (Å²) in [5.41, 5.74) is 0. The lowest BCUT2D eigenvalue weighted by Crippen LogP contribution is -1.99. The van der Waals surface area contributed by atoms with Crippen LogP contribution in [0.1, 0.15) is 0 Å². The molecule has 0 saturated carbocycles. The van der Waals surface area contributed by atoms with Gasteiger partial charge < -0.3 is 0 Å². The number of sulfone groups is 1. The fourth-order valence-electron chi connectivity index (χ4n) is 0.492. The SMILES string of the molecule is CS(=O)(=O)c1cnc(F)nc1. The molecule has 6 heteroatoms. The fourth-order valence-corrected chi connectivity index (χ4v) is 0.980. The molecule has 0 spiro atoms. The van der Waals surface area contributed by atoms with Gasteiger partial charge in [0.2, 0.25) is 0 Å². The van der Waals surface area contributed by atoms with Gasteiger partial charge in [-0.05, 0) is 0 Å².